The largest absolute Gasteiger partial charge is 0.295 e. The second-order valence-electron chi connectivity index (χ2n) is 6.56. The normalized spacial score (nSPS) is 30.7. The first kappa shape index (κ1) is 13.2. The minimum Gasteiger partial charge on any atom is -0.295 e. The van der Waals surface area contributed by atoms with Crippen molar-refractivity contribution < 1.29 is 14.4 Å². The Morgan fingerprint density at radius 1 is 1.38 bits per heavy atom. The van der Waals surface area contributed by atoms with Crippen molar-refractivity contribution >= 4 is 5.91 Å². The Balaban J connectivity index is 1.56. The molecular formula is C16H19FN2O2. The molecule has 1 heterocycles. The number of benzene rings is 1. The third kappa shape index (κ3) is 1.99. The Bertz CT molecular complexity index is 604. The Labute approximate surface area is 122 Å². The maximum absolute atomic E-state index is 14.3. The predicted octanol–water partition coefficient (Wildman–Crippen LogP) is 2.10. The molecule has 0 bridgehead atoms. The van der Waals surface area contributed by atoms with Gasteiger partial charge in [-0.2, -0.15) is 0 Å². The van der Waals surface area contributed by atoms with Gasteiger partial charge >= 0.3 is 0 Å². The van der Waals surface area contributed by atoms with Crippen LogP contribution in [0.5, 0.6) is 0 Å². The molecule has 3 unspecified atom stereocenters. The molecule has 21 heavy (non-hydrogen) atoms. The summed E-state index contributed by atoms with van der Waals surface area (Å²) in [7, 11) is 0. The average Bonchev–Trinajstić information content (AvgIpc) is 2.48. The lowest BCUT2D eigenvalue weighted by Gasteiger charge is -2.57. The fourth-order valence-corrected chi connectivity index (χ4v) is 4.22. The van der Waals surface area contributed by atoms with Crippen molar-refractivity contribution in [3.05, 3.63) is 34.6 Å². The lowest BCUT2D eigenvalue weighted by molar-refractivity contribution is -0.0688. The third-order valence-electron chi connectivity index (χ3n) is 5.66. The van der Waals surface area contributed by atoms with E-state index in [1.165, 1.54) is 25.3 Å². The zero-order valence-corrected chi connectivity index (χ0v) is 11.8. The number of carbonyl (C=O) groups is 1. The molecular weight excluding hydrogens is 271 g/mol. The third-order valence-corrected chi connectivity index (χ3v) is 5.66. The van der Waals surface area contributed by atoms with E-state index in [4.69, 9.17) is 5.21 Å². The van der Waals surface area contributed by atoms with Crippen molar-refractivity contribution in [3.8, 4) is 0 Å². The summed E-state index contributed by atoms with van der Waals surface area (Å²) in [4.78, 5) is 13.8. The van der Waals surface area contributed by atoms with Crippen molar-refractivity contribution in [1.29, 1.82) is 0 Å². The highest BCUT2D eigenvalue weighted by molar-refractivity contribution is 5.93. The molecule has 0 saturated heterocycles. The van der Waals surface area contributed by atoms with Crippen molar-refractivity contribution in [1.82, 2.24) is 10.4 Å². The quantitative estimate of drug-likeness (QED) is 0.648. The molecule has 1 amide bonds. The van der Waals surface area contributed by atoms with E-state index in [2.05, 4.69) is 4.90 Å². The number of hydrogen-bond acceptors (Lipinski definition) is 3. The van der Waals surface area contributed by atoms with Gasteiger partial charge in [0, 0.05) is 30.3 Å². The van der Waals surface area contributed by atoms with Crippen molar-refractivity contribution in [3.63, 3.8) is 0 Å². The summed E-state index contributed by atoms with van der Waals surface area (Å²) in [6.07, 6.45) is 4.75. The van der Waals surface area contributed by atoms with Crippen LogP contribution in [0.4, 0.5) is 4.39 Å². The van der Waals surface area contributed by atoms with E-state index in [1.54, 1.807) is 11.5 Å². The van der Waals surface area contributed by atoms with E-state index in [-0.39, 0.29) is 11.4 Å². The number of nitrogens with one attached hydrogen (secondary N) is 1. The van der Waals surface area contributed by atoms with Gasteiger partial charge < -0.3 is 0 Å². The highest BCUT2D eigenvalue weighted by atomic mass is 19.1. The van der Waals surface area contributed by atoms with E-state index in [0.717, 1.165) is 35.9 Å². The molecule has 0 aromatic heterocycles. The molecule has 3 atom stereocenters. The van der Waals surface area contributed by atoms with Crippen LogP contribution in [0.25, 0.3) is 0 Å². The van der Waals surface area contributed by atoms with Gasteiger partial charge in [-0.05, 0) is 55.2 Å². The van der Waals surface area contributed by atoms with Crippen LogP contribution in [0, 0.1) is 17.7 Å². The molecule has 3 aliphatic rings. The molecule has 1 aliphatic heterocycles. The second-order valence-corrected chi connectivity index (χ2v) is 6.56. The van der Waals surface area contributed by atoms with Crippen LogP contribution < -0.4 is 5.48 Å². The first-order valence-corrected chi connectivity index (χ1v) is 7.67. The van der Waals surface area contributed by atoms with Gasteiger partial charge in [0.05, 0.1) is 0 Å². The van der Waals surface area contributed by atoms with Crippen LogP contribution in [0.2, 0.25) is 0 Å². The predicted molar refractivity (Wildman–Crippen MR) is 74.4 cm³/mol. The fourth-order valence-electron chi connectivity index (χ4n) is 4.22. The number of rotatable bonds is 2. The first-order chi connectivity index (χ1) is 10.2. The lowest BCUT2D eigenvalue weighted by atomic mass is 9.56. The smallest absolute Gasteiger partial charge is 0.274 e. The molecule has 2 saturated carbocycles. The van der Waals surface area contributed by atoms with Crippen LogP contribution in [0.1, 0.15) is 40.7 Å². The summed E-state index contributed by atoms with van der Waals surface area (Å²) < 4.78 is 14.3. The number of halogens is 1. The first-order valence-electron chi connectivity index (χ1n) is 7.67. The zero-order chi connectivity index (χ0) is 14.6. The standard InChI is InChI=1S/C16H19FN2O2/c17-14-6-11(16(20)18-21)5-10-3-4-19(8-13(10)14)15-7-9-1-2-12(9)15/h5-6,9,12,15,21H,1-4,7-8H2,(H,18,20). The zero-order valence-electron chi connectivity index (χ0n) is 11.8. The van der Waals surface area contributed by atoms with Gasteiger partial charge in [-0.1, -0.05) is 0 Å². The van der Waals surface area contributed by atoms with Gasteiger partial charge in [-0.15, -0.1) is 0 Å². The van der Waals surface area contributed by atoms with Gasteiger partial charge in [0.1, 0.15) is 5.82 Å². The van der Waals surface area contributed by atoms with Crippen LogP contribution in [-0.2, 0) is 13.0 Å². The van der Waals surface area contributed by atoms with E-state index in [9.17, 15) is 9.18 Å². The molecule has 5 heteroatoms. The number of hydrogen-bond donors (Lipinski definition) is 2. The van der Waals surface area contributed by atoms with Crippen LogP contribution in [0.15, 0.2) is 12.1 Å². The number of hydroxylamine groups is 1. The minimum absolute atomic E-state index is 0.185. The Morgan fingerprint density at radius 2 is 2.24 bits per heavy atom. The molecule has 112 valence electrons. The van der Waals surface area contributed by atoms with E-state index in [1.807, 2.05) is 0 Å². The molecule has 2 fully saturated rings. The number of amides is 1. The summed E-state index contributed by atoms with van der Waals surface area (Å²) in [5.41, 5.74) is 3.37. The van der Waals surface area contributed by atoms with Crippen molar-refractivity contribution in [2.45, 2.75) is 38.3 Å². The molecule has 1 aromatic rings. The van der Waals surface area contributed by atoms with E-state index >= 15 is 0 Å². The van der Waals surface area contributed by atoms with Gasteiger partial charge in [0.15, 0.2) is 0 Å². The average molecular weight is 290 g/mol. The van der Waals surface area contributed by atoms with Gasteiger partial charge in [0.25, 0.3) is 5.91 Å². The van der Waals surface area contributed by atoms with Crippen molar-refractivity contribution in [2.24, 2.45) is 11.8 Å². The van der Waals surface area contributed by atoms with Crippen LogP contribution >= 0.6 is 0 Å². The number of fused-ring (bicyclic) bond motifs is 2. The van der Waals surface area contributed by atoms with Gasteiger partial charge in [0.2, 0.25) is 0 Å². The maximum atomic E-state index is 14.3. The number of nitrogens with zero attached hydrogens (tertiary/aromatic N) is 1. The minimum atomic E-state index is -0.657. The Hall–Kier alpha value is -1.46. The summed E-state index contributed by atoms with van der Waals surface area (Å²) in [6.45, 7) is 1.58. The van der Waals surface area contributed by atoms with Crippen molar-refractivity contribution in [2.75, 3.05) is 6.54 Å². The van der Waals surface area contributed by atoms with Crippen LogP contribution in [0.3, 0.4) is 0 Å². The molecule has 2 aliphatic carbocycles. The maximum Gasteiger partial charge on any atom is 0.274 e. The highest BCUT2D eigenvalue weighted by Gasteiger charge is 2.49. The summed E-state index contributed by atoms with van der Waals surface area (Å²) in [5.74, 6) is 0.779. The SMILES string of the molecule is O=C(NO)c1cc(F)c2c(c1)CCN(C1CC3CCC31)C2. The van der Waals surface area contributed by atoms with E-state index < -0.39 is 5.91 Å². The van der Waals surface area contributed by atoms with Crippen LogP contribution in [-0.4, -0.2) is 28.6 Å². The summed E-state index contributed by atoms with van der Waals surface area (Å²) in [5, 5.41) is 8.67. The number of carbonyl (C=O) groups excluding carboxylic acids is 1. The molecule has 0 spiro atoms. The van der Waals surface area contributed by atoms with Gasteiger partial charge in [-0.3, -0.25) is 14.9 Å². The Morgan fingerprint density at radius 3 is 2.86 bits per heavy atom. The summed E-state index contributed by atoms with van der Waals surface area (Å²) in [6, 6.07) is 3.56. The topological polar surface area (TPSA) is 52.6 Å². The molecule has 1 aromatic carbocycles. The monoisotopic (exact) mass is 290 g/mol. The molecule has 4 rings (SSSR count). The summed E-state index contributed by atoms with van der Waals surface area (Å²) >= 11 is 0. The lowest BCUT2D eigenvalue weighted by Crippen LogP contribution is -2.58. The molecule has 4 nitrogen and oxygen atoms in total. The van der Waals surface area contributed by atoms with Gasteiger partial charge in [-0.25, -0.2) is 9.87 Å². The van der Waals surface area contributed by atoms with E-state index in [0.29, 0.717) is 12.6 Å². The highest BCUT2D eigenvalue weighted by Crippen LogP contribution is 2.52. The second kappa shape index (κ2) is 4.78. The Kier molecular flexibility index (Phi) is 3.01. The molecule has 0 radical (unpaired) electrons. The molecule has 2 N–H and O–H groups in total. The fraction of sp³-hybridized carbons (Fsp3) is 0.562.